The fourth-order valence-corrected chi connectivity index (χ4v) is 6.85. The SMILES string of the molecule is CC/C=C\C/C=C\C/C=C\C/C=C\C/C=C\C/C=C\C/C=C\C/C=C\C/C=C\CCCCCC(=O)OC(CO)COC(=O)CCCCCC/C=C\C/C=C\C/C=C\C/C=C\C/C=C\C/C=C\C/C=C\C/C=C\CC. The quantitative estimate of drug-likeness (QED) is 0.0373. The molecule has 5 nitrogen and oxygen atoms in total. The van der Waals surface area contributed by atoms with Crippen LogP contribution in [0.5, 0.6) is 0 Å². The molecular weight excluding hydrogens is 909 g/mol. The Kier molecular flexibility index (Phi) is 57.2. The second-order valence-corrected chi connectivity index (χ2v) is 17.9. The van der Waals surface area contributed by atoms with Crippen molar-refractivity contribution in [3.63, 3.8) is 0 Å². The van der Waals surface area contributed by atoms with Crippen molar-refractivity contribution in [2.75, 3.05) is 13.2 Å². The van der Waals surface area contributed by atoms with Gasteiger partial charge >= 0.3 is 11.9 Å². The number of carbonyl (C=O) groups excluding carboxylic acids is 2. The molecule has 0 saturated carbocycles. The van der Waals surface area contributed by atoms with Crippen molar-refractivity contribution in [3.8, 4) is 0 Å². The first-order valence-electron chi connectivity index (χ1n) is 28.6. The summed E-state index contributed by atoms with van der Waals surface area (Å²) in [4.78, 5) is 24.5. The molecule has 0 bridgehead atoms. The lowest BCUT2D eigenvalue weighted by Gasteiger charge is -2.15. The molecule has 1 N–H and O–H groups in total. The topological polar surface area (TPSA) is 72.8 Å². The third kappa shape index (κ3) is 59.0. The Morgan fingerprint density at radius 3 is 0.811 bits per heavy atom. The number of hydrogen-bond acceptors (Lipinski definition) is 5. The van der Waals surface area contributed by atoms with Gasteiger partial charge in [-0.1, -0.05) is 240 Å². The van der Waals surface area contributed by atoms with Crippen LogP contribution in [0.3, 0.4) is 0 Å². The van der Waals surface area contributed by atoms with Gasteiger partial charge in [0.1, 0.15) is 6.61 Å². The maximum absolute atomic E-state index is 12.3. The van der Waals surface area contributed by atoms with E-state index < -0.39 is 6.10 Å². The van der Waals surface area contributed by atoms with Gasteiger partial charge < -0.3 is 14.6 Å². The van der Waals surface area contributed by atoms with Crippen LogP contribution in [-0.2, 0) is 19.1 Å². The Hall–Kier alpha value is -5.52. The van der Waals surface area contributed by atoms with E-state index in [4.69, 9.17) is 9.47 Å². The van der Waals surface area contributed by atoms with Gasteiger partial charge in [-0.2, -0.15) is 0 Å². The van der Waals surface area contributed by atoms with Gasteiger partial charge in [-0.05, 0) is 148 Å². The summed E-state index contributed by atoms with van der Waals surface area (Å²) in [6, 6.07) is 0. The van der Waals surface area contributed by atoms with Crippen LogP contribution in [0.1, 0.15) is 194 Å². The second kappa shape index (κ2) is 61.8. The number of aliphatic hydroxyl groups excluding tert-OH is 1. The smallest absolute Gasteiger partial charge is 0.306 e. The predicted molar refractivity (Wildman–Crippen MR) is 324 cm³/mol. The summed E-state index contributed by atoms with van der Waals surface area (Å²) in [6.07, 6.45) is 101. The molecule has 0 aromatic heterocycles. The zero-order valence-electron chi connectivity index (χ0n) is 46.5. The molecule has 1 atom stereocenters. The predicted octanol–water partition coefficient (Wildman–Crippen LogP) is 19.9. The molecule has 1 unspecified atom stereocenters. The Morgan fingerprint density at radius 2 is 0.541 bits per heavy atom. The monoisotopic (exact) mass is 1010 g/mol. The third-order valence-electron chi connectivity index (χ3n) is 11.1. The van der Waals surface area contributed by atoms with E-state index in [9.17, 15) is 14.7 Å². The first kappa shape index (κ1) is 68.5. The molecule has 0 aliphatic heterocycles. The second-order valence-electron chi connectivity index (χ2n) is 17.9. The molecular formula is C69H102O5. The molecule has 74 heavy (non-hydrogen) atoms. The minimum absolute atomic E-state index is 0.110. The van der Waals surface area contributed by atoms with Crippen LogP contribution in [0.25, 0.3) is 0 Å². The minimum Gasteiger partial charge on any atom is -0.462 e. The Bertz CT molecular complexity index is 1810. The highest BCUT2D eigenvalue weighted by Gasteiger charge is 2.16. The van der Waals surface area contributed by atoms with Crippen LogP contribution in [0.2, 0.25) is 0 Å². The van der Waals surface area contributed by atoms with E-state index in [0.29, 0.717) is 12.8 Å². The Morgan fingerprint density at radius 1 is 0.311 bits per heavy atom. The van der Waals surface area contributed by atoms with Gasteiger partial charge in [0.05, 0.1) is 6.61 Å². The first-order chi connectivity index (χ1) is 36.6. The van der Waals surface area contributed by atoms with Crippen LogP contribution < -0.4 is 0 Å². The van der Waals surface area contributed by atoms with Crippen molar-refractivity contribution in [1.29, 1.82) is 0 Å². The average Bonchev–Trinajstić information content (AvgIpc) is 3.40. The summed E-state index contributed by atoms with van der Waals surface area (Å²) >= 11 is 0. The number of allylic oxidation sites excluding steroid dienone is 34. The summed E-state index contributed by atoms with van der Waals surface area (Å²) < 4.78 is 10.7. The highest BCUT2D eigenvalue weighted by Crippen LogP contribution is 2.10. The molecule has 0 aromatic rings. The van der Waals surface area contributed by atoms with Gasteiger partial charge in [0, 0.05) is 12.8 Å². The maximum atomic E-state index is 12.3. The molecule has 0 radical (unpaired) electrons. The Labute approximate surface area is 453 Å². The molecule has 408 valence electrons. The lowest BCUT2D eigenvalue weighted by Crippen LogP contribution is -2.28. The molecule has 0 aliphatic carbocycles. The van der Waals surface area contributed by atoms with Crippen molar-refractivity contribution in [3.05, 3.63) is 207 Å². The van der Waals surface area contributed by atoms with Crippen LogP contribution in [0, 0.1) is 0 Å². The fraction of sp³-hybridized carbons (Fsp3) is 0.478. The highest BCUT2D eigenvalue weighted by molar-refractivity contribution is 5.70. The summed E-state index contributed by atoms with van der Waals surface area (Å²) in [5.74, 6) is -0.679. The van der Waals surface area contributed by atoms with Crippen LogP contribution >= 0.6 is 0 Å². The van der Waals surface area contributed by atoms with E-state index in [2.05, 4.69) is 220 Å². The average molecular weight is 1010 g/mol. The molecule has 5 heteroatoms. The number of rotatable bonds is 49. The minimum atomic E-state index is -0.821. The van der Waals surface area contributed by atoms with E-state index in [-0.39, 0.29) is 25.2 Å². The molecule has 0 aromatic carbocycles. The van der Waals surface area contributed by atoms with Gasteiger partial charge in [0.15, 0.2) is 6.10 Å². The Balaban J connectivity index is 3.74. The van der Waals surface area contributed by atoms with Gasteiger partial charge in [-0.3, -0.25) is 9.59 Å². The molecule has 0 fully saturated rings. The highest BCUT2D eigenvalue weighted by atomic mass is 16.6. The lowest BCUT2D eigenvalue weighted by molar-refractivity contribution is -0.161. The molecule has 0 spiro atoms. The standard InChI is InChI=1S/C69H102O5/c1-3-5-7-9-11-13-15-17-19-21-23-25-27-29-31-33-34-36-38-40-42-44-46-48-50-52-54-56-58-60-62-64-69(72)74-67(65-70)66-73-68(71)63-61-59-57-55-53-51-49-47-45-43-41-39-37-35-32-30-28-26-24-22-20-18-16-14-12-10-8-6-4-2/h5-8,11-14,17-20,23-26,29-32,34,36-37,39-40,42-43,45-46,48-49,51-52,54,67,70H,3-4,9-10,15-16,21-22,27-28,33,35,38,41,44,47,50,53,55-66H2,1-2H3/b7-5-,8-6-,13-11-,14-12-,19-17-,20-18-,25-23-,26-24-,31-29-,32-30-,36-34-,39-37-,42-40-,45-43-,48-46-,51-49-,54-52-. The van der Waals surface area contributed by atoms with E-state index in [1.54, 1.807) is 0 Å². The van der Waals surface area contributed by atoms with Crippen LogP contribution in [-0.4, -0.2) is 36.4 Å². The van der Waals surface area contributed by atoms with Gasteiger partial charge in [-0.25, -0.2) is 0 Å². The van der Waals surface area contributed by atoms with Crippen LogP contribution in [0.15, 0.2) is 207 Å². The summed E-state index contributed by atoms with van der Waals surface area (Å²) in [5, 5.41) is 9.65. The zero-order valence-corrected chi connectivity index (χ0v) is 46.5. The number of ether oxygens (including phenoxy) is 2. The van der Waals surface area contributed by atoms with Crippen molar-refractivity contribution < 1.29 is 24.2 Å². The summed E-state index contributed by atoms with van der Waals surface area (Å²) in [7, 11) is 0. The van der Waals surface area contributed by atoms with Gasteiger partial charge in [-0.15, -0.1) is 0 Å². The van der Waals surface area contributed by atoms with Crippen molar-refractivity contribution >= 4 is 11.9 Å². The number of aliphatic hydroxyl groups is 1. The number of unbranched alkanes of at least 4 members (excludes halogenated alkanes) is 7. The van der Waals surface area contributed by atoms with Crippen molar-refractivity contribution in [2.45, 2.75) is 200 Å². The fourth-order valence-electron chi connectivity index (χ4n) is 6.85. The molecule has 0 amide bonds. The molecule has 0 saturated heterocycles. The lowest BCUT2D eigenvalue weighted by atomic mass is 10.1. The van der Waals surface area contributed by atoms with E-state index in [0.717, 1.165) is 167 Å². The van der Waals surface area contributed by atoms with E-state index in [1.807, 2.05) is 0 Å². The van der Waals surface area contributed by atoms with Crippen molar-refractivity contribution in [2.24, 2.45) is 0 Å². The normalized spacial score (nSPS) is 13.8. The summed E-state index contributed by atoms with van der Waals surface area (Å²) in [6.45, 7) is 3.84. The van der Waals surface area contributed by atoms with E-state index >= 15 is 0 Å². The molecule has 0 heterocycles. The summed E-state index contributed by atoms with van der Waals surface area (Å²) in [5.41, 5.74) is 0. The largest absolute Gasteiger partial charge is 0.462 e. The molecule has 0 rings (SSSR count). The zero-order chi connectivity index (χ0) is 53.4. The third-order valence-corrected chi connectivity index (χ3v) is 11.1. The number of hydrogen-bond donors (Lipinski definition) is 1. The first-order valence-corrected chi connectivity index (χ1v) is 28.6. The van der Waals surface area contributed by atoms with E-state index in [1.165, 1.54) is 0 Å². The van der Waals surface area contributed by atoms with Crippen molar-refractivity contribution in [1.82, 2.24) is 0 Å². The number of esters is 2. The van der Waals surface area contributed by atoms with Crippen LogP contribution in [0.4, 0.5) is 0 Å². The maximum Gasteiger partial charge on any atom is 0.306 e. The van der Waals surface area contributed by atoms with Gasteiger partial charge in [0.2, 0.25) is 0 Å². The van der Waals surface area contributed by atoms with Gasteiger partial charge in [0.25, 0.3) is 0 Å². The molecule has 0 aliphatic rings. The number of carbonyl (C=O) groups is 2.